The number of aliphatic hydroxyl groups is 1. The molecule has 9 nitrogen and oxygen atoms in total. The lowest BCUT2D eigenvalue weighted by molar-refractivity contribution is -0.151. The van der Waals surface area contributed by atoms with E-state index >= 15 is 0 Å². The molecule has 4 heterocycles. The fourth-order valence-electron chi connectivity index (χ4n) is 7.83. The molecule has 0 aliphatic carbocycles. The van der Waals surface area contributed by atoms with Crippen molar-refractivity contribution >= 4 is 23.4 Å². The molecular weight excluding hydrogens is 546 g/mol. The van der Waals surface area contributed by atoms with Crippen molar-refractivity contribution in [2.75, 3.05) is 37.7 Å². The summed E-state index contributed by atoms with van der Waals surface area (Å²) in [4.78, 5) is 48.6. The minimum atomic E-state index is -1.27. The minimum absolute atomic E-state index is 0.00137. The van der Waals surface area contributed by atoms with E-state index in [0.717, 1.165) is 12.2 Å². The third-order valence-electron chi connectivity index (χ3n) is 9.12. The van der Waals surface area contributed by atoms with Gasteiger partial charge in [-0.25, -0.2) is 0 Å². The number of rotatable bonds is 9. The Morgan fingerprint density at radius 1 is 0.977 bits per heavy atom. The first-order valence-electron chi connectivity index (χ1n) is 15.6. The molecule has 4 aliphatic rings. The molecule has 1 aromatic carbocycles. The number of hydrogen-bond donors (Lipinski definition) is 1. The molecule has 0 radical (unpaired) electrons. The zero-order valence-electron chi connectivity index (χ0n) is 26.4. The van der Waals surface area contributed by atoms with Crippen LogP contribution < -0.4 is 9.64 Å². The summed E-state index contributed by atoms with van der Waals surface area (Å²) >= 11 is 0. The maximum absolute atomic E-state index is 14.6. The van der Waals surface area contributed by atoms with E-state index in [1.807, 2.05) is 60.4 Å². The second-order valence-corrected chi connectivity index (χ2v) is 14.0. The summed E-state index contributed by atoms with van der Waals surface area (Å²) in [6.45, 7) is 14.2. The van der Waals surface area contributed by atoms with Crippen LogP contribution in [0.4, 0.5) is 5.69 Å². The van der Waals surface area contributed by atoms with E-state index in [2.05, 4.69) is 34.6 Å². The first-order chi connectivity index (χ1) is 20.3. The number of fused-ring (bicyclic) bond motifs is 2. The fourth-order valence-corrected chi connectivity index (χ4v) is 7.83. The molecule has 1 N–H and O–H groups in total. The first-order valence-corrected chi connectivity index (χ1v) is 15.6. The Bertz CT molecular complexity index is 1280. The number of unbranched alkanes of at least 4 members (excludes halogenated alkanes) is 1. The number of benzene rings is 1. The molecule has 2 fully saturated rings. The third-order valence-corrected chi connectivity index (χ3v) is 9.12. The van der Waals surface area contributed by atoms with Gasteiger partial charge in [0.2, 0.25) is 17.7 Å². The van der Waals surface area contributed by atoms with Crippen LogP contribution in [-0.2, 0) is 19.1 Å². The standard InChI is InChI=1S/C34H47N3O6/c1-7-42-24-15-13-23(14-16-24)35-19-10-12-25-26(29(35)39)27-30(40)36(18-8-9-21-38)28-31(41)37(20-11-17-34(27,28)43-25)33(5,6)22-32(2,3)4/h10-17,25-28,38H,7-9,18-22H2,1-6H3/t25-,26+,27-,28?,34-/m0/s1. The molecule has 234 valence electrons. The molecule has 4 aliphatic heterocycles. The number of carbonyl (C=O) groups is 3. The van der Waals surface area contributed by atoms with Gasteiger partial charge < -0.3 is 29.3 Å². The van der Waals surface area contributed by atoms with Crippen molar-refractivity contribution < 1.29 is 29.0 Å². The molecule has 5 atom stereocenters. The highest BCUT2D eigenvalue weighted by Gasteiger charge is 2.72. The molecule has 1 spiro atoms. The maximum Gasteiger partial charge on any atom is 0.249 e. The topological polar surface area (TPSA) is 99.6 Å². The number of carbonyl (C=O) groups excluding carboxylic acids is 3. The average Bonchev–Trinajstić information content (AvgIpc) is 3.23. The number of anilines is 1. The molecular formula is C34H47N3O6. The number of ether oxygens (including phenoxy) is 2. The zero-order valence-corrected chi connectivity index (χ0v) is 26.4. The number of aliphatic hydroxyl groups excluding tert-OH is 1. The van der Waals surface area contributed by atoms with E-state index in [4.69, 9.17) is 9.47 Å². The summed E-state index contributed by atoms with van der Waals surface area (Å²) in [5.74, 6) is -1.49. The lowest BCUT2D eigenvalue weighted by Crippen LogP contribution is -2.60. The largest absolute Gasteiger partial charge is 0.494 e. The molecule has 1 aromatic rings. The normalized spacial score (nSPS) is 29.0. The summed E-state index contributed by atoms with van der Waals surface area (Å²) in [6, 6.07) is 6.49. The van der Waals surface area contributed by atoms with Crippen molar-refractivity contribution in [3.63, 3.8) is 0 Å². The number of nitrogens with zero attached hydrogens (tertiary/aromatic N) is 3. The molecule has 3 amide bonds. The van der Waals surface area contributed by atoms with Gasteiger partial charge in [-0.15, -0.1) is 0 Å². The van der Waals surface area contributed by atoms with Gasteiger partial charge in [0.25, 0.3) is 0 Å². The van der Waals surface area contributed by atoms with Crippen LogP contribution in [0.3, 0.4) is 0 Å². The maximum atomic E-state index is 14.6. The average molecular weight is 594 g/mol. The van der Waals surface area contributed by atoms with Crippen LogP contribution in [0.25, 0.3) is 0 Å². The number of likely N-dealkylation sites (tertiary alicyclic amines) is 1. The van der Waals surface area contributed by atoms with Gasteiger partial charge >= 0.3 is 0 Å². The van der Waals surface area contributed by atoms with E-state index in [1.54, 1.807) is 9.80 Å². The van der Waals surface area contributed by atoms with Gasteiger partial charge in [0, 0.05) is 37.5 Å². The van der Waals surface area contributed by atoms with Crippen LogP contribution in [0.5, 0.6) is 5.75 Å². The van der Waals surface area contributed by atoms with Gasteiger partial charge in [-0.1, -0.05) is 45.1 Å². The van der Waals surface area contributed by atoms with Crippen LogP contribution in [-0.4, -0.2) is 88.8 Å². The van der Waals surface area contributed by atoms with Gasteiger partial charge in [-0.3, -0.25) is 14.4 Å². The van der Waals surface area contributed by atoms with Crippen molar-refractivity contribution in [1.29, 1.82) is 0 Å². The van der Waals surface area contributed by atoms with E-state index in [9.17, 15) is 19.5 Å². The van der Waals surface area contributed by atoms with Gasteiger partial charge in [0.05, 0.1) is 24.5 Å². The SMILES string of the molecule is CCOc1ccc(N2CC=C[C@@H]3O[C@]45C=CCN(C(C)(C)CC(C)(C)C)C(=O)C4N(CCCCO)C(=O)[C@@H]5[C@@H]3C2=O)cc1. The number of hydrogen-bond acceptors (Lipinski definition) is 6. The van der Waals surface area contributed by atoms with E-state index < -0.39 is 35.1 Å². The lowest BCUT2D eigenvalue weighted by Gasteiger charge is -2.44. The molecule has 43 heavy (non-hydrogen) atoms. The third kappa shape index (κ3) is 5.62. The first kappa shape index (κ1) is 31.3. The van der Waals surface area contributed by atoms with Crippen LogP contribution in [0.1, 0.15) is 60.8 Å². The summed E-state index contributed by atoms with van der Waals surface area (Å²) in [7, 11) is 0. The highest BCUT2D eigenvalue weighted by atomic mass is 16.5. The molecule has 2 saturated heterocycles. The smallest absolute Gasteiger partial charge is 0.249 e. The van der Waals surface area contributed by atoms with Crippen LogP contribution >= 0.6 is 0 Å². The Balaban J connectivity index is 1.54. The van der Waals surface area contributed by atoms with Gasteiger partial charge in [-0.2, -0.15) is 0 Å². The van der Waals surface area contributed by atoms with Crippen molar-refractivity contribution in [2.24, 2.45) is 17.3 Å². The monoisotopic (exact) mass is 593 g/mol. The summed E-state index contributed by atoms with van der Waals surface area (Å²) < 4.78 is 12.4. The van der Waals surface area contributed by atoms with E-state index in [0.29, 0.717) is 44.8 Å². The van der Waals surface area contributed by atoms with Crippen molar-refractivity contribution in [1.82, 2.24) is 9.80 Å². The number of amides is 3. The molecule has 1 unspecified atom stereocenters. The minimum Gasteiger partial charge on any atom is -0.494 e. The van der Waals surface area contributed by atoms with Crippen molar-refractivity contribution in [3.8, 4) is 5.75 Å². The van der Waals surface area contributed by atoms with Gasteiger partial charge in [-0.05, 0) is 69.7 Å². The molecule has 0 aromatic heterocycles. The van der Waals surface area contributed by atoms with Crippen LogP contribution in [0.2, 0.25) is 0 Å². The van der Waals surface area contributed by atoms with Crippen molar-refractivity contribution in [2.45, 2.75) is 84.1 Å². The highest BCUT2D eigenvalue weighted by molar-refractivity contribution is 6.04. The van der Waals surface area contributed by atoms with Crippen molar-refractivity contribution in [3.05, 3.63) is 48.6 Å². The highest BCUT2D eigenvalue weighted by Crippen LogP contribution is 2.54. The lowest BCUT2D eigenvalue weighted by atomic mass is 9.77. The van der Waals surface area contributed by atoms with Gasteiger partial charge in [0.1, 0.15) is 17.4 Å². The summed E-state index contributed by atoms with van der Waals surface area (Å²) in [6.07, 6.45) is 8.83. The Labute approximate surface area is 255 Å². The molecule has 0 saturated carbocycles. The zero-order chi connectivity index (χ0) is 31.2. The Kier molecular flexibility index (Phi) is 8.53. The molecule has 5 rings (SSSR count). The Morgan fingerprint density at radius 2 is 1.70 bits per heavy atom. The Morgan fingerprint density at radius 3 is 2.35 bits per heavy atom. The Hall–Kier alpha value is -3.17. The predicted octanol–water partition coefficient (Wildman–Crippen LogP) is 3.95. The van der Waals surface area contributed by atoms with E-state index in [1.165, 1.54) is 0 Å². The van der Waals surface area contributed by atoms with Gasteiger partial charge in [0.15, 0.2) is 0 Å². The quantitative estimate of drug-likeness (QED) is 0.344. The second-order valence-electron chi connectivity index (χ2n) is 14.0. The van der Waals surface area contributed by atoms with Crippen LogP contribution in [0, 0.1) is 17.3 Å². The molecule has 0 bridgehead atoms. The second kappa shape index (κ2) is 11.7. The summed E-state index contributed by atoms with van der Waals surface area (Å²) in [5, 5.41) is 9.48. The van der Waals surface area contributed by atoms with Crippen LogP contribution in [0.15, 0.2) is 48.6 Å². The fraction of sp³-hybridized carbons (Fsp3) is 0.618. The van der Waals surface area contributed by atoms with E-state index in [-0.39, 0.29) is 29.7 Å². The summed E-state index contributed by atoms with van der Waals surface area (Å²) in [5.41, 5.74) is -1.06. The predicted molar refractivity (Wildman–Crippen MR) is 165 cm³/mol. The molecule has 9 heteroatoms.